The fourth-order valence-electron chi connectivity index (χ4n) is 0.123. The minimum atomic E-state index is 0.347. The first-order chi connectivity index (χ1) is 2.77. The van der Waals surface area contributed by atoms with Crippen LogP contribution in [0.25, 0.3) is 0 Å². The minimum absolute atomic E-state index is 0.347. The standard InChI is InChI=1S/C4H8NO/c1-4(2)3-6-5/h5H,1,3H2,2H3. The first-order valence-electron chi connectivity index (χ1n) is 1.70. The van der Waals surface area contributed by atoms with Crippen LogP contribution in [0.15, 0.2) is 12.2 Å². The molecule has 6 heavy (non-hydrogen) atoms. The maximum absolute atomic E-state index is 6.17. The summed E-state index contributed by atoms with van der Waals surface area (Å²) in [7, 11) is 0. The van der Waals surface area contributed by atoms with Gasteiger partial charge in [0.05, 0.1) is 6.61 Å². The van der Waals surface area contributed by atoms with Crippen LogP contribution in [0.4, 0.5) is 0 Å². The normalized spacial score (nSPS) is 8.33. The molecule has 0 aliphatic heterocycles. The van der Waals surface area contributed by atoms with Crippen molar-refractivity contribution in [3.05, 3.63) is 12.2 Å². The van der Waals surface area contributed by atoms with E-state index in [1.54, 1.807) is 0 Å². The minimum Gasteiger partial charge on any atom is -0.281 e. The Morgan fingerprint density at radius 3 is 2.50 bits per heavy atom. The van der Waals surface area contributed by atoms with Crippen molar-refractivity contribution in [3.8, 4) is 0 Å². The van der Waals surface area contributed by atoms with Crippen LogP contribution in [0.1, 0.15) is 6.92 Å². The van der Waals surface area contributed by atoms with Gasteiger partial charge < -0.3 is 0 Å². The van der Waals surface area contributed by atoms with Crippen LogP contribution in [0.3, 0.4) is 0 Å². The summed E-state index contributed by atoms with van der Waals surface area (Å²) in [6, 6.07) is 0. The lowest BCUT2D eigenvalue weighted by atomic mass is 10.4. The molecule has 0 spiro atoms. The second-order valence-electron chi connectivity index (χ2n) is 1.25. The molecule has 0 aromatic rings. The zero-order valence-corrected chi connectivity index (χ0v) is 3.82. The summed E-state index contributed by atoms with van der Waals surface area (Å²) in [5.41, 5.74) is 0.880. The average Bonchev–Trinajstić information content (AvgIpc) is 1.35. The SMILES string of the molecule is C=C(C)CO[NH]. The van der Waals surface area contributed by atoms with Crippen molar-refractivity contribution in [1.82, 2.24) is 5.90 Å². The predicted molar refractivity (Wildman–Crippen MR) is 23.9 cm³/mol. The lowest BCUT2D eigenvalue weighted by Gasteiger charge is -1.88. The quantitative estimate of drug-likeness (QED) is 0.361. The lowest BCUT2D eigenvalue weighted by molar-refractivity contribution is 0.141. The number of nitrogens with one attached hydrogen (secondary N) is 1. The molecule has 0 aromatic heterocycles. The van der Waals surface area contributed by atoms with Crippen LogP contribution in [0.5, 0.6) is 0 Å². The van der Waals surface area contributed by atoms with Gasteiger partial charge in [0.1, 0.15) is 0 Å². The van der Waals surface area contributed by atoms with E-state index in [2.05, 4.69) is 11.4 Å². The smallest absolute Gasteiger partial charge is 0.0905 e. The highest BCUT2D eigenvalue weighted by Crippen LogP contribution is 1.81. The van der Waals surface area contributed by atoms with E-state index >= 15 is 0 Å². The van der Waals surface area contributed by atoms with E-state index < -0.39 is 0 Å². The molecule has 0 unspecified atom stereocenters. The average molecular weight is 86.1 g/mol. The van der Waals surface area contributed by atoms with E-state index in [-0.39, 0.29) is 0 Å². The summed E-state index contributed by atoms with van der Waals surface area (Å²) in [5.74, 6) is 6.17. The van der Waals surface area contributed by atoms with E-state index in [1.807, 2.05) is 6.92 Å². The second kappa shape index (κ2) is 2.87. The predicted octanol–water partition coefficient (Wildman–Crippen LogP) is 0.777. The second-order valence-corrected chi connectivity index (χ2v) is 1.25. The Hall–Kier alpha value is -0.340. The third-order valence-electron chi connectivity index (χ3n) is 0.319. The summed E-state index contributed by atoms with van der Waals surface area (Å²) in [4.78, 5) is 3.95. The Morgan fingerprint density at radius 1 is 2.00 bits per heavy atom. The molecule has 0 saturated heterocycles. The van der Waals surface area contributed by atoms with Crippen LogP contribution in [0, 0.1) is 0 Å². The van der Waals surface area contributed by atoms with Crippen molar-refractivity contribution >= 4 is 0 Å². The van der Waals surface area contributed by atoms with Crippen molar-refractivity contribution in [2.75, 3.05) is 6.61 Å². The highest BCUT2D eigenvalue weighted by atomic mass is 16.6. The first kappa shape index (κ1) is 5.66. The molecule has 2 heteroatoms. The maximum atomic E-state index is 6.17. The van der Waals surface area contributed by atoms with Gasteiger partial charge in [0.15, 0.2) is 0 Å². The molecule has 0 saturated carbocycles. The number of hydrogen-bond donors (Lipinski definition) is 0. The van der Waals surface area contributed by atoms with Gasteiger partial charge in [-0.15, -0.1) is 5.90 Å². The summed E-state index contributed by atoms with van der Waals surface area (Å²) < 4.78 is 0. The van der Waals surface area contributed by atoms with Crippen LogP contribution < -0.4 is 5.90 Å². The van der Waals surface area contributed by atoms with Crippen molar-refractivity contribution in [1.29, 1.82) is 0 Å². The zero-order valence-electron chi connectivity index (χ0n) is 3.82. The molecule has 0 amide bonds. The van der Waals surface area contributed by atoms with Gasteiger partial charge in [-0.25, -0.2) is 0 Å². The van der Waals surface area contributed by atoms with Crippen LogP contribution >= 0.6 is 0 Å². The lowest BCUT2D eigenvalue weighted by Crippen LogP contribution is -1.88. The van der Waals surface area contributed by atoms with Crippen LogP contribution in [0.2, 0.25) is 0 Å². The molecule has 0 rings (SSSR count). The third kappa shape index (κ3) is 3.66. The largest absolute Gasteiger partial charge is 0.281 e. The van der Waals surface area contributed by atoms with Crippen molar-refractivity contribution < 1.29 is 4.84 Å². The highest BCUT2D eigenvalue weighted by molar-refractivity contribution is 4.86. The fraction of sp³-hybridized carbons (Fsp3) is 0.500. The molecule has 0 heterocycles. The van der Waals surface area contributed by atoms with Gasteiger partial charge in [-0.2, -0.15) is 0 Å². The van der Waals surface area contributed by atoms with Crippen molar-refractivity contribution in [2.45, 2.75) is 6.92 Å². The summed E-state index contributed by atoms with van der Waals surface area (Å²) >= 11 is 0. The van der Waals surface area contributed by atoms with E-state index in [0.29, 0.717) is 6.61 Å². The van der Waals surface area contributed by atoms with Crippen LogP contribution in [-0.4, -0.2) is 6.61 Å². The molecule has 1 radical (unpaired) electrons. The van der Waals surface area contributed by atoms with E-state index in [9.17, 15) is 0 Å². The molecule has 35 valence electrons. The Balaban J connectivity index is 2.83. The number of hydrogen-bond acceptors (Lipinski definition) is 1. The van der Waals surface area contributed by atoms with Gasteiger partial charge in [-0.1, -0.05) is 12.2 Å². The number of rotatable bonds is 2. The molecule has 0 aromatic carbocycles. The zero-order chi connectivity index (χ0) is 4.99. The van der Waals surface area contributed by atoms with Gasteiger partial charge in [-0.3, -0.25) is 4.84 Å². The molecule has 0 fully saturated rings. The Morgan fingerprint density at radius 2 is 2.50 bits per heavy atom. The monoisotopic (exact) mass is 86.1 g/mol. The van der Waals surface area contributed by atoms with Gasteiger partial charge in [-0.05, 0) is 6.92 Å². The molecule has 0 aliphatic carbocycles. The molecular formula is C4H8NO. The highest BCUT2D eigenvalue weighted by Gasteiger charge is 1.76. The molecule has 2 nitrogen and oxygen atoms in total. The molecule has 0 bridgehead atoms. The summed E-state index contributed by atoms with van der Waals surface area (Å²) in [5, 5.41) is 0. The van der Waals surface area contributed by atoms with Crippen molar-refractivity contribution in [2.24, 2.45) is 0 Å². The third-order valence-corrected chi connectivity index (χ3v) is 0.319. The molecule has 0 atom stereocenters. The van der Waals surface area contributed by atoms with Crippen LogP contribution in [-0.2, 0) is 4.84 Å². The van der Waals surface area contributed by atoms with Gasteiger partial charge in [0.25, 0.3) is 0 Å². The van der Waals surface area contributed by atoms with Crippen molar-refractivity contribution in [3.63, 3.8) is 0 Å². The van der Waals surface area contributed by atoms with E-state index in [1.165, 1.54) is 0 Å². The molecule has 0 aliphatic rings. The topological polar surface area (TPSA) is 33.0 Å². The molecular weight excluding hydrogens is 78.0 g/mol. The van der Waals surface area contributed by atoms with Gasteiger partial charge in [0.2, 0.25) is 0 Å². The summed E-state index contributed by atoms with van der Waals surface area (Å²) in [6.45, 7) is 5.66. The van der Waals surface area contributed by atoms with E-state index in [0.717, 1.165) is 5.57 Å². The first-order valence-corrected chi connectivity index (χ1v) is 1.70. The van der Waals surface area contributed by atoms with E-state index in [4.69, 9.17) is 5.90 Å². The maximum Gasteiger partial charge on any atom is 0.0905 e. The Labute approximate surface area is 37.6 Å². The van der Waals surface area contributed by atoms with Gasteiger partial charge in [0, 0.05) is 0 Å². The van der Waals surface area contributed by atoms with Gasteiger partial charge >= 0.3 is 0 Å². The summed E-state index contributed by atoms with van der Waals surface area (Å²) in [6.07, 6.45) is 0. The molecule has 1 N–H and O–H groups in total. The Bertz CT molecular complexity index is 51.5. The Kier molecular flexibility index (Phi) is 2.71. The fourth-order valence-corrected chi connectivity index (χ4v) is 0.123.